The van der Waals surface area contributed by atoms with Crippen molar-refractivity contribution in [3.8, 4) is 11.3 Å². The van der Waals surface area contributed by atoms with E-state index in [1.165, 1.54) is 23.1 Å². The number of carbonyl (C=O) groups is 1. The summed E-state index contributed by atoms with van der Waals surface area (Å²) in [5, 5.41) is 3.87. The fourth-order valence-electron chi connectivity index (χ4n) is 1.79. The van der Waals surface area contributed by atoms with Gasteiger partial charge < -0.3 is 16.8 Å². The van der Waals surface area contributed by atoms with E-state index >= 15 is 0 Å². The Morgan fingerprint density at radius 1 is 1.33 bits per heavy atom. The largest absolute Gasteiger partial charge is 0.389 e. The topological polar surface area (TPSA) is 94.0 Å². The van der Waals surface area contributed by atoms with Gasteiger partial charge in [-0.25, -0.2) is 4.98 Å². The van der Waals surface area contributed by atoms with Crippen molar-refractivity contribution in [1.29, 1.82) is 0 Å². The second kappa shape index (κ2) is 4.18. The fraction of sp³-hybridized carbons (Fsp3) is 0.0909. The number of aromatic nitrogens is 1. The second-order valence-corrected chi connectivity index (χ2v) is 5.89. The lowest BCUT2D eigenvalue weighted by Crippen LogP contribution is -2.18. The number of rotatable bonds is 1. The third-order valence-corrected chi connectivity index (χ3v) is 4.34. The molecule has 1 aromatic heterocycles. The summed E-state index contributed by atoms with van der Waals surface area (Å²) in [5.74, 6) is 0.466. The van der Waals surface area contributed by atoms with Crippen LogP contribution in [0, 0.1) is 0 Å². The molecule has 0 saturated heterocycles. The number of thioether (sulfide) groups is 1. The number of fused-ring (bicyclic) bond motifs is 1. The van der Waals surface area contributed by atoms with E-state index < -0.39 is 0 Å². The van der Waals surface area contributed by atoms with Gasteiger partial charge in [0.2, 0.25) is 5.91 Å². The lowest BCUT2D eigenvalue weighted by atomic mass is 10.1. The van der Waals surface area contributed by atoms with Gasteiger partial charge in [-0.1, -0.05) is 17.4 Å². The molecule has 0 bridgehead atoms. The monoisotopic (exact) mass is 278 g/mol. The molecule has 92 valence electrons. The van der Waals surface area contributed by atoms with Crippen LogP contribution in [0.4, 0.5) is 15.8 Å². The van der Waals surface area contributed by atoms with Gasteiger partial charge in [0.1, 0.15) is 10.7 Å². The molecule has 0 unspecified atom stereocenters. The lowest BCUT2D eigenvalue weighted by molar-refractivity contribution is -0.113. The van der Waals surface area contributed by atoms with Crippen LogP contribution in [0.5, 0.6) is 0 Å². The van der Waals surface area contributed by atoms with Crippen LogP contribution in [-0.2, 0) is 4.79 Å². The predicted molar refractivity (Wildman–Crippen MR) is 75.7 cm³/mol. The summed E-state index contributed by atoms with van der Waals surface area (Å²) in [7, 11) is 0. The van der Waals surface area contributed by atoms with Crippen molar-refractivity contribution in [1.82, 2.24) is 4.98 Å². The second-order valence-electron chi connectivity index (χ2n) is 3.81. The van der Waals surface area contributed by atoms with Gasteiger partial charge in [0.15, 0.2) is 5.13 Å². The van der Waals surface area contributed by atoms with Gasteiger partial charge >= 0.3 is 0 Å². The zero-order valence-electron chi connectivity index (χ0n) is 9.27. The van der Waals surface area contributed by atoms with Crippen LogP contribution in [0.2, 0.25) is 0 Å². The molecule has 5 N–H and O–H groups in total. The summed E-state index contributed by atoms with van der Waals surface area (Å²) in [5.41, 5.74) is 13.8. The molecule has 0 aliphatic carbocycles. The molecule has 1 aliphatic heterocycles. The maximum atomic E-state index is 11.4. The normalized spacial score (nSPS) is 14.1. The minimum Gasteiger partial charge on any atom is -0.389 e. The van der Waals surface area contributed by atoms with Gasteiger partial charge in [0.05, 0.1) is 11.4 Å². The van der Waals surface area contributed by atoms with Crippen molar-refractivity contribution < 1.29 is 4.79 Å². The minimum absolute atomic E-state index is 0.00964. The number of anilines is 3. The van der Waals surface area contributed by atoms with Gasteiger partial charge in [0, 0.05) is 10.5 Å². The molecule has 5 nitrogen and oxygen atoms in total. The number of amides is 1. The zero-order valence-corrected chi connectivity index (χ0v) is 10.9. The number of nitrogens with one attached hydrogen (secondary N) is 1. The highest BCUT2D eigenvalue weighted by atomic mass is 32.2. The van der Waals surface area contributed by atoms with Crippen molar-refractivity contribution in [2.24, 2.45) is 0 Å². The first-order valence-electron chi connectivity index (χ1n) is 5.22. The summed E-state index contributed by atoms with van der Waals surface area (Å²) in [6.45, 7) is 0. The first-order valence-corrected chi connectivity index (χ1v) is 7.02. The van der Waals surface area contributed by atoms with E-state index in [0.29, 0.717) is 21.6 Å². The number of carbonyl (C=O) groups excluding carboxylic acids is 1. The Bertz CT molecular complexity index is 638. The lowest BCUT2D eigenvalue weighted by Gasteiger charge is -2.16. The molecule has 0 spiro atoms. The Labute approximate surface area is 112 Å². The molecule has 18 heavy (non-hydrogen) atoms. The van der Waals surface area contributed by atoms with Crippen LogP contribution in [0.15, 0.2) is 23.1 Å². The third-order valence-electron chi connectivity index (χ3n) is 2.56. The van der Waals surface area contributed by atoms with E-state index in [0.717, 1.165) is 16.1 Å². The summed E-state index contributed by atoms with van der Waals surface area (Å²) in [4.78, 5) is 16.6. The summed E-state index contributed by atoms with van der Waals surface area (Å²) < 4.78 is 0. The van der Waals surface area contributed by atoms with Crippen molar-refractivity contribution in [2.75, 3.05) is 22.5 Å². The molecule has 0 fully saturated rings. The molecular weight excluding hydrogens is 268 g/mol. The van der Waals surface area contributed by atoms with E-state index in [2.05, 4.69) is 10.3 Å². The van der Waals surface area contributed by atoms with Gasteiger partial charge in [-0.3, -0.25) is 4.79 Å². The number of hydrogen-bond acceptors (Lipinski definition) is 6. The molecule has 1 aliphatic rings. The molecule has 0 saturated carbocycles. The smallest absolute Gasteiger partial charge is 0.234 e. The van der Waals surface area contributed by atoms with E-state index in [1.54, 1.807) is 0 Å². The summed E-state index contributed by atoms with van der Waals surface area (Å²) in [6, 6.07) is 5.78. The van der Waals surface area contributed by atoms with Gasteiger partial charge in [-0.2, -0.15) is 0 Å². The molecular formula is C11H10N4OS2. The number of nitrogen functional groups attached to an aromatic ring is 2. The molecule has 1 aromatic carbocycles. The predicted octanol–water partition coefficient (Wildman–Crippen LogP) is 2.02. The third kappa shape index (κ3) is 1.91. The van der Waals surface area contributed by atoms with Crippen LogP contribution in [0.25, 0.3) is 11.3 Å². The quantitative estimate of drug-likeness (QED) is 0.742. The molecule has 2 aromatic rings. The number of benzene rings is 1. The van der Waals surface area contributed by atoms with Crippen molar-refractivity contribution in [2.45, 2.75) is 4.90 Å². The Balaban J connectivity index is 2.07. The Morgan fingerprint density at radius 3 is 2.89 bits per heavy atom. The number of thiazole rings is 1. The van der Waals surface area contributed by atoms with Crippen LogP contribution < -0.4 is 16.8 Å². The first kappa shape index (κ1) is 11.4. The molecule has 0 radical (unpaired) electrons. The highest BCUT2D eigenvalue weighted by Crippen LogP contribution is 2.37. The van der Waals surface area contributed by atoms with E-state index in [1.807, 2.05) is 18.2 Å². The van der Waals surface area contributed by atoms with E-state index in [4.69, 9.17) is 11.5 Å². The minimum atomic E-state index is 0.00964. The fourth-order valence-corrected chi connectivity index (χ4v) is 3.20. The Morgan fingerprint density at radius 2 is 2.17 bits per heavy atom. The standard InChI is InChI=1S/C11H10N4OS2/c12-10-9(15-11(13)18-10)5-1-2-7-6(3-5)14-8(16)4-17-7/h1-3H,4,12H2,(H2,13,15)(H,14,16). The van der Waals surface area contributed by atoms with Crippen molar-refractivity contribution in [3.05, 3.63) is 18.2 Å². The van der Waals surface area contributed by atoms with Crippen LogP contribution in [-0.4, -0.2) is 16.6 Å². The van der Waals surface area contributed by atoms with Crippen LogP contribution >= 0.6 is 23.1 Å². The molecule has 0 atom stereocenters. The van der Waals surface area contributed by atoms with Gasteiger partial charge in [-0.05, 0) is 12.1 Å². The van der Waals surface area contributed by atoms with Crippen molar-refractivity contribution >= 4 is 44.8 Å². The summed E-state index contributed by atoms with van der Waals surface area (Å²) in [6.07, 6.45) is 0. The summed E-state index contributed by atoms with van der Waals surface area (Å²) >= 11 is 2.78. The highest BCUT2D eigenvalue weighted by Gasteiger charge is 2.17. The van der Waals surface area contributed by atoms with E-state index in [9.17, 15) is 4.79 Å². The molecule has 7 heteroatoms. The molecule has 1 amide bonds. The Kier molecular flexibility index (Phi) is 2.64. The highest BCUT2D eigenvalue weighted by molar-refractivity contribution is 8.00. The SMILES string of the molecule is Nc1nc(-c2ccc3c(c2)NC(=O)CS3)c(N)s1. The van der Waals surface area contributed by atoms with Gasteiger partial charge in [-0.15, -0.1) is 11.8 Å². The van der Waals surface area contributed by atoms with Crippen LogP contribution in [0.3, 0.4) is 0 Å². The van der Waals surface area contributed by atoms with Crippen molar-refractivity contribution in [3.63, 3.8) is 0 Å². The van der Waals surface area contributed by atoms with E-state index in [-0.39, 0.29) is 5.91 Å². The van der Waals surface area contributed by atoms with Gasteiger partial charge in [0.25, 0.3) is 0 Å². The number of nitrogens with zero attached hydrogens (tertiary/aromatic N) is 1. The molecule has 2 heterocycles. The maximum absolute atomic E-state index is 11.4. The molecule has 3 rings (SSSR count). The van der Waals surface area contributed by atoms with Crippen LogP contribution in [0.1, 0.15) is 0 Å². The average molecular weight is 278 g/mol. The average Bonchev–Trinajstić information content (AvgIpc) is 2.67. The number of hydrogen-bond donors (Lipinski definition) is 3. The first-order chi connectivity index (χ1) is 8.63. The Hall–Kier alpha value is -1.73. The number of nitrogens with two attached hydrogens (primary N) is 2. The zero-order chi connectivity index (χ0) is 12.7. The maximum Gasteiger partial charge on any atom is 0.234 e.